The van der Waals surface area contributed by atoms with Gasteiger partial charge in [-0.2, -0.15) is 0 Å². The topological polar surface area (TPSA) is 65.1 Å². The predicted molar refractivity (Wildman–Crippen MR) is 67.5 cm³/mol. The molecule has 0 fully saturated rings. The quantitative estimate of drug-likeness (QED) is 0.583. The molecule has 1 aliphatic rings. The summed E-state index contributed by atoms with van der Waals surface area (Å²) < 4.78 is 15.2. The first-order valence-electron chi connectivity index (χ1n) is 5.72. The van der Waals surface area contributed by atoms with Crippen LogP contribution in [-0.4, -0.2) is 45.9 Å². The fourth-order valence-electron chi connectivity index (χ4n) is 1.98. The number of hydrogen-bond acceptors (Lipinski definition) is 5. The number of Topliss-reactive ketones (excluding diaryl/α,β-unsaturated/α-hetero) is 1. The zero-order valence-corrected chi connectivity index (χ0v) is 11.0. The lowest BCUT2D eigenvalue weighted by Gasteiger charge is -2.21. The van der Waals surface area contributed by atoms with E-state index >= 15 is 0 Å². The second-order valence-corrected chi connectivity index (χ2v) is 4.03. The maximum atomic E-state index is 12.0. The molecule has 0 N–H and O–H groups in total. The normalized spacial score (nSPS) is 14.2. The van der Waals surface area contributed by atoms with Crippen molar-refractivity contribution < 1.29 is 23.8 Å². The van der Waals surface area contributed by atoms with E-state index in [4.69, 9.17) is 14.2 Å². The molecule has 0 saturated carbocycles. The SMILES string of the molecule is COc1ccc2c(c1)C(=O)C(=O)N2CC(OC)OC. The van der Waals surface area contributed by atoms with Crippen molar-refractivity contribution in [3.63, 3.8) is 0 Å². The van der Waals surface area contributed by atoms with Gasteiger partial charge in [0.1, 0.15) is 5.75 Å². The number of carbonyl (C=O) groups excluding carboxylic acids is 2. The van der Waals surface area contributed by atoms with Crippen molar-refractivity contribution in [3.05, 3.63) is 23.8 Å². The fourth-order valence-corrected chi connectivity index (χ4v) is 1.98. The Morgan fingerprint density at radius 3 is 2.42 bits per heavy atom. The summed E-state index contributed by atoms with van der Waals surface area (Å²) in [7, 11) is 4.46. The van der Waals surface area contributed by atoms with E-state index in [-0.39, 0.29) is 6.54 Å². The zero-order chi connectivity index (χ0) is 14.0. The second kappa shape index (κ2) is 5.38. The number of fused-ring (bicyclic) bond motifs is 1. The first kappa shape index (κ1) is 13.5. The Morgan fingerprint density at radius 1 is 1.16 bits per heavy atom. The highest BCUT2D eigenvalue weighted by Crippen LogP contribution is 2.32. The minimum atomic E-state index is -0.581. The van der Waals surface area contributed by atoms with Gasteiger partial charge < -0.3 is 14.2 Å². The molecule has 1 aromatic carbocycles. The molecule has 0 saturated heterocycles. The minimum Gasteiger partial charge on any atom is -0.497 e. The van der Waals surface area contributed by atoms with Crippen molar-refractivity contribution >= 4 is 17.4 Å². The van der Waals surface area contributed by atoms with E-state index in [1.807, 2.05) is 0 Å². The molecular weight excluding hydrogens is 250 g/mol. The number of ether oxygens (including phenoxy) is 3. The van der Waals surface area contributed by atoms with Crippen molar-refractivity contribution in [1.29, 1.82) is 0 Å². The lowest BCUT2D eigenvalue weighted by Crippen LogP contribution is -2.38. The van der Waals surface area contributed by atoms with Crippen LogP contribution >= 0.6 is 0 Å². The number of carbonyl (C=O) groups is 2. The number of rotatable bonds is 5. The molecule has 0 radical (unpaired) electrons. The Kier molecular flexibility index (Phi) is 3.82. The fraction of sp³-hybridized carbons (Fsp3) is 0.385. The molecule has 0 aliphatic carbocycles. The summed E-state index contributed by atoms with van der Waals surface area (Å²) in [5, 5.41) is 0. The predicted octanol–water partition coefficient (Wildman–Crippen LogP) is 0.843. The third-order valence-electron chi connectivity index (χ3n) is 3.04. The van der Waals surface area contributed by atoms with Crippen LogP contribution in [0.5, 0.6) is 5.75 Å². The van der Waals surface area contributed by atoms with Gasteiger partial charge in [-0.25, -0.2) is 0 Å². The molecule has 19 heavy (non-hydrogen) atoms. The molecule has 0 unspecified atom stereocenters. The summed E-state index contributed by atoms with van der Waals surface area (Å²) in [6.07, 6.45) is -0.579. The molecule has 6 nitrogen and oxygen atoms in total. The Bertz CT molecular complexity index is 510. The van der Waals surface area contributed by atoms with E-state index in [0.29, 0.717) is 17.0 Å². The molecule has 102 valence electrons. The van der Waals surface area contributed by atoms with Gasteiger partial charge in [0.05, 0.1) is 24.9 Å². The van der Waals surface area contributed by atoms with Crippen LogP contribution in [0.25, 0.3) is 0 Å². The van der Waals surface area contributed by atoms with Gasteiger partial charge in [-0.1, -0.05) is 0 Å². The minimum absolute atomic E-state index is 0.164. The van der Waals surface area contributed by atoms with Crippen LogP contribution in [0.1, 0.15) is 10.4 Å². The van der Waals surface area contributed by atoms with Gasteiger partial charge in [0.2, 0.25) is 0 Å². The lowest BCUT2D eigenvalue weighted by molar-refractivity contribution is -0.119. The first-order valence-corrected chi connectivity index (χ1v) is 5.72. The number of anilines is 1. The molecule has 0 bridgehead atoms. The molecule has 2 rings (SSSR count). The summed E-state index contributed by atoms with van der Waals surface area (Å²) >= 11 is 0. The molecule has 0 aromatic heterocycles. The van der Waals surface area contributed by atoms with E-state index in [1.165, 1.54) is 26.2 Å². The lowest BCUT2D eigenvalue weighted by atomic mass is 10.1. The van der Waals surface area contributed by atoms with Gasteiger partial charge in [-0.3, -0.25) is 14.5 Å². The third-order valence-corrected chi connectivity index (χ3v) is 3.04. The first-order chi connectivity index (χ1) is 9.12. The van der Waals surface area contributed by atoms with Gasteiger partial charge in [-0.15, -0.1) is 0 Å². The van der Waals surface area contributed by atoms with Crippen molar-refractivity contribution in [2.24, 2.45) is 0 Å². The van der Waals surface area contributed by atoms with E-state index in [1.54, 1.807) is 18.2 Å². The molecule has 1 heterocycles. The van der Waals surface area contributed by atoms with Gasteiger partial charge in [0.25, 0.3) is 11.7 Å². The number of methoxy groups -OCH3 is 3. The van der Waals surface area contributed by atoms with Gasteiger partial charge >= 0.3 is 0 Å². The second-order valence-electron chi connectivity index (χ2n) is 4.03. The van der Waals surface area contributed by atoms with Gasteiger partial charge in [0.15, 0.2) is 6.29 Å². The summed E-state index contributed by atoms with van der Waals surface area (Å²) in [6.45, 7) is 0.164. The van der Waals surface area contributed by atoms with E-state index in [0.717, 1.165) is 0 Å². The maximum Gasteiger partial charge on any atom is 0.299 e. The zero-order valence-electron chi connectivity index (χ0n) is 11.0. The largest absolute Gasteiger partial charge is 0.497 e. The molecule has 1 amide bonds. The highest BCUT2D eigenvalue weighted by Gasteiger charge is 2.37. The standard InChI is InChI=1S/C13H15NO5/c1-17-8-4-5-10-9(6-8)12(15)13(16)14(10)7-11(18-2)19-3/h4-6,11H,7H2,1-3H3. The van der Waals surface area contributed by atoms with Gasteiger partial charge in [-0.05, 0) is 18.2 Å². The number of amides is 1. The monoisotopic (exact) mass is 265 g/mol. The maximum absolute atomic E-state index is 12.0. The highest BCUT2D eigenvalue weighted by atomic mass is 16.7. The van der Waals surface area contributed by atoms with Crippen molar-refractivity contribution in [2.45, 2.75) is 6.29 Å². The summed E-state index contributed by atoms with van der Waals surface area (Å²) in [4.78, 5) is 25.2. The molecule has 0 atom stereocenters. The van der Waals surface area contributed by atoms with Crippen LogP contribution < -0.4 is 9.64 Å². The van der Waals surface area contributed by atoms with Crippen LogP contribution in [0.3, 0.4) is 0 Å². The van der Waals surface area contributed by atoms with E-state index in [9.17, 15) is 9.59 Å². The Hall–Kier alpha value is -1.92. The van der Waals surface area contributed by atoms with E-state index < -0.39 is 18.0 Å². The summed E-state index contributed by atoms with van der Waals surface area (Å²) in [5.74, 6) is -0.584. The molecule has 1 aliphatic heterocycles. The Labute approximate surface area is 110 Å². The summed E-state index contributed by atoms with van der Waals surface area (Å²) in [6, 6.07) is 4.94. The molecule has 1 aromatic rings. The average molecular weight is 265 g/mol. The van der Waals surface area contributed by atoms with Crippen LogP contribution in [0, 0.1) is 0 Å². The highest BCUT2D eigenvalue weighted by molar-refractivity contribution is 6.52. The van der Waals surface area contributed by atoms with E-state index in [2.05, 4.69) is 0 Å². The number of benzene rings is 1. The van der Waals surface area contributed by atoms with Crippen molar-refractivity contribution in [3.8, 4) is 5.75 Å². The Balaban J connectivity index is 2.34. The third kappa shape index (κ3) is 2.32. The van der Waals surface area contributed by atoms with Crippen LogP contribution in [0.4, 0.5) is 5.69 Å². The average Bonchev–Trinajstić information content (AvgIpc) is 2.68. The number of nitrogens with zero attached hydrogens (tertiary/aromatic N) is 1. The Morgan fingerprint density at radius 2 is 1.84 bits per heavy atom. The number of ketones is 1. The van der Waals surface area contributed by atoms with Crippen LogP contribution in [-0.2, 0) is 14.3 Å². The smallest absolute Gasteiger partial charge is 0.299 e. The molecule has 0 spiro atoms. The van der Waals surface area contributed by atoms with Gasteiger partial charge in [0, 0.05) is 14.2 Å². The van der Waals surface area contributed by atoms with Crippen LogP contribution in [0.15, 0.2) is 18.2 Å². The van der Waals surface area contributed by atoms with Crippen LogP contribution in [0.2, 0.25) is 0 Å². The van der Waals surface area contributed by atoms with Crippen molar-refractivity contribution in [1.82, 2.24) is 0 Å². The summed E-state index contributed by atoms with van der Waals surface area (Å²) in [5.41, 5.74) is 0.894. The molecular formula is C13H15NO5. The number of hydrogen-bond donors (Lipinski definition) is 0. The van der Waals surface area contributed by atoms with Crippen molar-refractivity contribution in [2.75, 3.05) is 32.8 Å². The molecule has 6 heteroatoms.